The predicted octanol–water partition coefficient (Wildman–Crippen LogP) is 2.08. The van der Waals surface area contributed by atoms with E-state index in [0.29, 0.717) is 12.1 Å². The maximum Gasteiger partial charge on any atom is 0.251 e. The van der Waals surface area contributed by atoms with Gasteiger partial charge in [-0.1, -0.05) is 18.6 Å². The lowest BCUT2D eigenvalue weighted by atomic mass is 9.66. The Labute approximate surface area is 120 Å². The molecule has 20 heavy (non-hydrogen) atoms. The molecule has 4 heteroatoms. The third kappa shape index (κ3) is 3.58. The van der Waals surface area contributed by atoms with E-state index in [0.717, 1.165) is 25.1 Å². The topological polar surface area (TPSA) is 64.3 Å². The van der Waals surface area contributed by atoms with Crippen LogP contribution >= 0.6 is 0 Å². The van der Waals surface area contributed by atoms with E-state index in [1.807, 2.05) is 24.3 Å². The molecule has 0 aliphatic heterocycles. The summed E-state index contributed by atoms with van der Waals surface area (Å²) in [4.78, 5) is 12.1. The molecule has 1 amide bonds. The molecule has 0 bridgehead atoms. The first-order valence-electron chi connectivity index (χ1n) is 7.25. The number of hydrogen-bond donors (Lipinski definition) is 2. The fourth-order valence-corrected chi connectivity index (χ4v) is 2.67. The third-order valence-electron chi connectivity index (χ3n) is 4.33. The normalized spacial score (nSPS) is 16.5. The van der Waals surface area contributed by atoms with Crippen molar-refractivity contribution in [2.24, 2.45) is 11.1 Å². The molecule has 0 unspecified atom stereocenters. The lowest BCUT2D eigenvalue weighted by Gasteiger charge is -2.42. The van der Waals surface area contributed by atoms with Crippen LogP contribution in [0.5, 0.6) is 0 Å². The molecule has 0 radical (unpaired) electrons. The van der Waals surface area contributed by atoms with E-state index in [1.165, 1.54) is 19.3 Å². The molecular formula is C16H24N2O2. The summed E-state index contributed by atoms with van der Waals surface area (Å²) in [5.41, 5.74) is 7.54. The zero-order valence-electron chi connectivity index (χ0n) is 12.2. The summed E-state index contributed by atoms with van der Waals surface area (Å²) in [6.07, 6.45) is 4.65. The summed E-state index contributed by atoms with van der Waals surface area (Å²) in [7, 11) is 1.73. The van der Waals surface area contributed by atoms with Crippen LogP contribution in [-0.4, -0.2) is 26.2 Å². The number of carbonyl (C=O) groups is 1. The first-order valence-corrected chi connectivity index (χ1v) is 7.25. The van der Waals surface area contributed by atoms with E-state index in [-0.39, 0.29) is 11.3 Å². The van der Waals surface area contributed by atoms with Gasteiger partial charge in [0.25, 0.3) is 5.91 Å². The van der Waals surface area contributed by atoms with E-state index in [9.17, 15) is 4.79 Å². The Morgan fingerprint density at radius 1 is 1.35 bits per heavy atom. The molecule has 1 fully saturated rings. The molecule has 2 rings (SSSR count). The molecule has 4 nitrogen and oxygen atoms in total. The van der Waals surface area contributed by atoms with Crippen molar-refractivity contribution in [3.8, 4) is 0 Å². The van der Waals surface area contributed by atoms with Gasteiger partial charge in [0.15, 0.2) is 0 Å². The minimum Gasteiger partial charge on any atom is -0.385 e. The van der Waals surface area contributed by atoms with Crippen LogP contribution in [0.2, 0.25) is 0 Å². The molecule has 0 aromatic heterocycles. The molecule has 1 aliphatic carbocycles. The van der Waals surface area contributed by atoms with Crippen molar-refractivity contribution in [3.63, 3.8) is 0 Å². The molecule has 0 heterocycles. The fourth-order valence-electron chi connectivity index (χ4n) is 2.67. The van der Waals surface area contributed by atoms with E-state index in [1.54, 1.807) is 7.11 Å². The number of amides is 1. The van der Waals surface area contributed by atoms with Crippen LogP contribution in [0.15, 0.2) is 24.3 Å². The van der Waals surface area contributed by atoms with Crippen LogP contribution in [0.4, 0.5) is 0 Å². The molecule has 1 aromatic carbocycles. The lowest BCUT2D eigenvalue weighted by Crippen LogP contribution is -2.42. The first kappa shape index (κ1) is 15.0. The Hall–Kier alpha value is -1.39. The standard InChI is InChI=1S/C16H24N2O2/c1-20-10-9-16(7-2-8-16)12-18-15(19)14-5-3-13(11-17)4-6-14/h3-6H,2,7-12,17H2,1H3,(H,18,19). The first-order chi connectivity index (χ1) is 9.69. The second-order valence-electron chi connectivity index (χ2n) is 5.68. The van der Waals surface area contributed by atoms with Crippen LogP contribution in [0.1, 0.15) is 41.6 Å². The number of nitrogens with two attached hydrogens (primary N) is 1. The Morgan fingerprint density at radius 2 is 2.05 bits per heavy atom. The van der Waals surface area contributed by atoms with Crippen molar-refractivity contribution in [1.82, 2.24) is 5.32 Å². The number of benzene rings is 1. The maximum atomic E-state index is 12.1. The van der Waals surface area contributed by atoms with Crippen molar-refractivity contribution in [3.05, 3.63) is 35.4 Å². The number of ether oxygens (including phenoxy) is 1. The average Bonchev–Trinajstić information content (AvgIpc) is 2.45. The number of hydrogen-bond acceptors (Lipinski definition) is 3. The molecule has 0 saturated heterocycles. The van der Waals surface area contributed by atoms with Gasteiger partial charge in [-0.3, -0.25) is 4.79 Å². The molecule has 3 N–H and O–H groups in total. The largest absolute Gasteiger partial charge is 0.385 e. The van der Waals surface area contributed by atoms with Gasteiger partial charge in [-0.15, -0.1) is 0 Å². The Kier molecular flexibility index (Phi) is 5.15. The van der Waals surface area contributed by atoms with Gasteiger partial charge >= 0.3 is 0 Å². The van der Waals surface area contributed by atoms with Crippen LogP contribution in [0.3, 0.4) is 0 Å². The molecule has 1 aliphatic rings. The second-order valence-corrected chi connectivity index (χ2v) is 5.68. The van der Waals surface area contributed by atoms with Crippen LogP contribution in [0.25, 0.3) is 0 Å². The number of methoxy groups -OCH3 is 1. The molecule has 1 saturated carbocycles. The Morgan fingerprint density at radius 3 is 2.55 bits per heavy atom. The van der Waals surface area contributed by atoms with Crippen molar-refractivity contribution in [2.75, 3.05) is 20.3 Å². The van der Waals surface area contributed by atoms with Crippen molar-refractivity contribution >= 4 is 5.91 Å². The number of carbonyl (C=O) groups excluding carboxylic acids is 1. The fraction of sp³-hybridized carbons (Fsp3) is 0.562. The van der Waals surface area contributed by atoms with Crippen molar-refractivity contribution in [1.29, 1.82) is 0 Å². The van der Waals surface area contributed by atoms with Crippen LogP contribution in [-0.2, 0) is 11.3 Å². The minimum absolute atomic E-state index is 0.00253. The highest BCUT2D eigenvalue weighted by Gasteiger charge is 2.36. The lowest BCUT2D eigenvalue weighted by molar-refractivity contribution is 0.0631. The highest BCUT2D eigenvalue weighted by molar-refractivity contribution is 5.94. The molecule has 0 spiro atoms. The monoisotopic (exact) mass is 276 g/mol. The molecular weight excluding hydrogens is 252 g/mol. The zero-order chi connectivity index (χ0) is 14.4. The maximum absolute atomic E-state index is 12.1. The Balaban J connectivity index is 1.87. The zero-order valence-corrected chi connectivity index (χ0v) is 12.2. The predicted molar refractivity (Wildman–Crippen MR) is 79.4 cm³/mol. The highest BCUT2D eigenvalue weighted by Crippen LogP contribution is 2.43. The van der Waals surface area contributed by atoms with E-state index in [2.05, 4.69) is 5.32 Å². The SMILES string of the molecule is COCCC1(CNC(=O)c2ccc(CN)cc2)CCC1. The number of nitrogens with one attached hydrogen (secondary N) is 1. The van der Waals surface area contributed by atoms with E-state index >= 15 is 0 Å². The number of rotatable bonds is 7. The van der Waals surface area contributed by atoms with Crippen LogP contribution in [0, 0.1) is 5.41 Å². The van der Waals surface area contributed by atoms with Gasteiger partial charge in [-0.2, -0.15) is 0 Å². The Bertz CT molecular complexity index is 438. The second kappa shape index (κ2) is 6.86. The van der Waals surface area contributed by atoms with Gasteiger partial charge in [-0.25, -0.2) is 0 Å². The smallest absolute Gasteiger partial charge is 0.251 e. The van der Waals surface area contributed by atoms with Gasteiger partial charge in [0, 0.05) is 32.4 Å². The molecule has 1 aromatic rings. The molecule has 0 atom stereocenters. The quantitative estimate of drug-likeness (QED) is 0.801. The van der Waals surface area contributed by atoms with Gasteiger partial charge in [0.1, 0.15) is 0 Å². The van der Waals surface area contributed by atoms with Gasteiger partial charge < -0.3 is 15.8 Å². The van der Waals surface area contributed by atoms with Gasteiger partial charge in [0.05, 0.1) is 0 Å². The summed E-state index contributed by atoms with van der Waals surface area (Å²) >= 11 is 0. The summed E-state index contributed by atoms with van der Waals surface area (Å²) in [6, 6.07) is 7.47. The third-order valence-corrected chi connectivity index (χ3v) is 4.33. The highest BCUT2D eigenvalue weighted by atomic mass is 16.5. The van der Waals surface area contributed by atoms with Gasteiger partial charge in [0.2, 0.25) is 0 Å². The van der Waals surface area contributed by atoms with Gasteiger partial charge in [-0.05, 0) is 42.4 Å². The summed E-state index contributed by atoms with van der Waals surface area (Å²) in [5, 5.41) is 3.06. The van der Waals surface area contributed by atoms with Crippen LogP contribution < -0.4 is 11.1 Å². The summed E-state index contributed by atoms with van der Waals surface area (Å²) in [5.74, 6) is -0.00253. The summed E-state index contributed by atoms with van der Waals surface area (Å²) in [6.45, 7) is 2.01. The summed E-state index contributed by atoms with van der Waals surface area (Å²) < 4.78 is 5.17. The van der Waals surface area contributed by atoms with E-state index in [4.69, 9.17) is 10.5 Å². The minimum atomic E-state index is -0.00253. The average molecular weight is 276 g/mol. The van der Waals surface area contributed by atoms with Crippen molar-refractivity contribution < 1.29 is 9.53 Å². The molecule has 110 valence electrons. The van der Waals surface area contributed by atoms with E-state index < -0.39 is 0 Å². The van der Waals surface area contributed by atoms with Crippen molar-refractivity contribution in [2.45, 2.75) is 32.2 Å².